The fourth-order valence-electron chi connectivity index (χ4n) is 2.83. The molecule has 0 unspecified atom stereocenters. The second-order valence-electron chi connectivity index (χ2n) is 6.02. The summed E-state index contributed by atoms with van der Waals surface area (Å²) in [4.78, 5) is 13.5. The molecule has 3 aromatic heterocycles. The summed E-state index contributed by atoms with van der Waals surface area (Å²) in [5.74, 6) is 3.01. The standard InChI is InChI=1S/C16H17ClN6O/c1-9(2)23-16(19-10(3)21-23)12-8-22-4-5-24-13-6-14(17)18-7-11(13)15(22)20-12/h6-9H,4-5H2,1-3H3. The largest absolute Gasteiger partial charge is 0.491 e. The Kier molecular flexibility index (Phi) is 3.53. The molecule has 1 aliphatic heterocycles. The number of nitrogens with zero attached hydrogens (tertiary/aromatic N) is 6. The third kappa shape index (κ3) is 2.45. The van der Waals surface area contributed by atoms with Crippen molar-refractivity contribution in [2.24, 2.45) is 0 Å². The highest BCUT2D eigenvalue weighted by Crippen LogP contribution is 2.34. The van der Waals surface area contributed by atoms with Crippen molar-refractivity contribution in [2.75, 3.05) is 6.61 Å². The van der Waals surface area contributed by atoms with Gasteiger partial charge in [0.15, 0.2) is 5.82 Å². The van der Waals surface area contributed by atoms with E-state index >= 15 is 0 Å². The molecule has 0 radical (unpaired) electrons. The predicted molar refractivity (Wildman–Crippen MR) is 90.1 cm³/mol. The van der Waals surface area contributed by atoms with Gasteiger partial charge in [-0.1, -0.05) is 11.6 Å². The van der Waals surface area contributed by atoms with Crippen molar-refractivity contribution in [3.8, 4) is 28.7 Å². The molecule has 7 nitrogen and oxygen atoms in total. The number of hydrogen-bond acceptors (Lipinski definition) is 5. The average Bonchev–Trinajstić information content (AvgIpc) is 3.07. The molecule has 0 saturated carbocycles. The molecule has 0 aliphatic carbocycles. The summed E-state index contributed by atoms with van der Waals surface area (Å²) in [6.45, 7) is 7.29. The minimum atomic E-state index is 0.207. The van der Waals surface area contributed by atoms with Gasteiger partial charge in [0, 0.05) is 24.5 Å². The first-order valence-corrected chi connectivity index (χ1v) is 8.20. The molecule has 8 heteroatoms. The zero-order valence-electron chi connectivity index (χ0n) is 13.7. The van der Waals surface area contributed by atoms with Crippen LogP contribution in [0.25, 0.3) is 22.9 Å². The average molecular weight is 345 g/mol. The van der Waals surface area contributed by atoms with Gasteiger partial charge in [0.1, 0.15) is 34.9 Å². The Morgan fingerprint density at radius 2 is 2.08 bits per heavy atom. The monoisotopic (exact) mass is 344 g/mol. The summed E-state index contributed by atoms with van der Waals surface area (Å²) in [6, 6.07) is 1.93. The van der Waals surface area contributed by atoms with E-state index in [-0.39, 0.29) is 6.04 Å². The van der Waals surface area contributed by atoms with Gasteiger partial charge in [0.25, 0.3) is 0 Å². The molecule has 0 saturated heterocycles. The van der Waals surface area contributed by atoms with Gasteiger partial charge in [0.05, 0.1) is 12.1 Å². The van der Waals surface area contributed by atoms with Crippen LogP contribution in [0.3, 0.4) is 0 Å². The highest BCUT2D eigenvalue weighted by Gasteiger charge is 2.22. The molecule has 24 heavy (non-hydrogen) atoms. The Labute approximate surface area is 144 Å². The SMILES string of the molecule is Cc1nc(-c2cn3c(n2)-c2cnc(Cl)cc2OCC3)n(C(C)C)n1. The first-order chi connectivity index (χ1) is 11.5. The fraction of sp³-hybridized carbons (Fsp3) is 0.375. The molecule has 0 spiro atoms. The molecule has 0 atom stereocenters. The number of pyridine rings is 1. The van der Waals surface area contributed by atoms with Crippen LogP contribution in [0.4, 0.5) is 0 Å². The predicted octanol–water partition coefficient (Wildman–Crippen LogP) is 3.14. The minimum absolute atomic E-state index is 0.207. The van der Waals surface area contributed by atoms with Crippen LogP contribution >= 0.6 is 11.6 Å². The number of imidazole rings is 1. The summed E-state index contributed by atoms with van der Waals surface area (Å²) in [7, 11) is 0. The van der Waals surface area contributed by atoms with E-state index in [0.29, 0.717) is 24.1 Å². The van der Waals surface area contributed by atoms with Gasteiger partial charge in [-0.15, -0.1) is 0 Å². The lowest BCUT2D eigenvalue weighted by Crippen LogP contribution is -2.06. The van der Waals surface area contributed by atoms with E-state index < -0.39 is 0 Å². The molecule has 0 amide bonds. The Hall–Kier alpha value is -2.41. The number of fused-ring (bicyclic) bond motifs is 3. The van der Waals surface area contributed by atoms with Crippen LogP contribution < -0.4 is 4.74 Å². The lowest BCUT2D eigenvalue weighted by Gasteiger charge is -2.07. The van der Waals surface area contributed by atoms with E-state index in [4.69, 9.17) is 21.3 Å². The molecule has 0 bridgehead atoms. The highest BCUT2D eigenvalue weighted by molar-refractivity contribution is 6.29. The Morgan fingerprint density at radius 1 is 1.25 bits per heavy atom. The molecule has 4 heterocycles. The Morgan fingerprint density at radius 3 is 2.88 bits per heavy atom. The molecule has 124 valence electrons. The topological polar surface area (TPSA) is 70.7 Å². The molecule has 4 rings (SSSR count). The van der Waals surface area contributed by atoms with E-state index in [0.717, 1.165) is 28.7 Å². The van der Waals surface area contributed by atoms with Crippen LogP contribution in [0.1, 0.15) is 25.7 Å². The summed E-state index contributed by atoms with van der Waals surface area (Å²) >= 11 is 5.98. The van der Waals surface area contributed by atoms with Crippen molar-refractivity contribution in [2.45, 2.75) is 33.4 Å². The van der Waals surface area contributed by atoms with Gasteiger partial charge < -0.3 is 9.30 Å². The van der Waals surface area contributed by atoms with Gasteiger partial charge in [-0.2, -0.15) is 5.10 Å². The zero-order valence-corrected chi connectivity index (χ0v) is 14.4. The number of aryl methyl sites for hydroxylation is 1. The van der Waals surface area contributed by atoms with Crippen molar-refractivity contribution in [1.29, 1.82) is 0 Å². The van der Waals surface area contributed by atoms with Gasteiger partial charge in [-0.05, 0) is 20.8 Å². The quantitative estimate of drug-likeness (QED) is 0.668. The van der Waals surface area contributed by atoms with Crippen LogP contribution in [0, 0.1) is 6.92 Å². The number of aromatic nitrogens is 6. The summed E-state index contributed by atoms with van der Waals surface area (Å²) in [5, 5.41) is 4.88. The Bertz CT molecular complexity index is 913. The maximum atomic E-state index is 5.98. The molecule has 1 aliphatic rings. The van der Waals surface area contributed by atoms with Crippen LogP contribution in [-0.2, 0) is 6.54 Å². The van der Waals surface area contributed by atoms with Crippen molar-refractivity contribution in [1.82, 2.24) is 29.3 Å². The summed E-state index contributed by atoms with van der Waals surface area (Å²) in [6.07, 6.45) is 3.69. The first-order valence-electron chi connectivity index (χ1n) is 7.82. The van der Waals surface area contributed by atoms with Crippen LogP contribution in [-0.4, -0.2) is 35.9 Å². The molecule has 3 aromatic rings. The number of hydrogen-bond donors (Lipinski definition) is 0. The van der Waals surface area contributed by atoms with Crippen molar-refractivity contribution >= 4 is 11.6 Å². The smallest absolute Gasteiger partial charge is 0.178 e. The fourth-order valence-corrected chi connectivity index (χ4v) is 2.98. The Balaban J connectivity index is 1.87. The van der Waals surface area contributed by atoms with Crippen LogP contribution in [0.15, 0.2) is 18.5 Å². The second-order valence-corrected chi connectivity index (χ2v) is 6.40. The van der Waals surface area contributed by atoms with Crippen LogP contribution in [0.5, 0.6) is 5.75 Å². The van der Waals surface area contributed by atoms with Crippen LogP contribution in [0.2, 0.25) is 5.15 Å². The molecular weight excluding hydrogens is 328 g/mol. The second kappa shape index (κ2) is 5.59. The maximum absolute atomic E-state index is 5.98. The summed E-state index contributed by atoms with van der Waals surface area (Å²) < 4.78 is 9.72. The van der Waals surface area contributed by atoms with E-state index in [9.17, 15) is 0 Å². The van der Waals surface area contributed by atoms with E-state index in [1.54, 1.807) is 12.3 Å². The van der Waals surface area contributed by atoms with Crippen molar-refractivity contribution in [3.05, 3.63) is 29.4 Å². The summed E-state index contributed by atoms with van der Waals surface area (Å²) in [5.41, 5.74) is 1.62. The third-order valence-corrected chi connectivity index (χ3v) is 4.10. The maximum Gasteiger partial charge on any atom is 0.178 e. The number of halogens is 1. The third-order valence-electron chi connectivity index (χ3n) is 3.90. The van der Waals surface area contributed by atoms with E-state index in [2.05, 4.69) is 33.5 Å². The lowest BCUT2D eigenvalue weighted by molar-refractivity contribution is 0.306. The lowest BCUT2D eigenvalue weighted by atomic mass is 10.2. The molecule has 0 N–H and O–H groups in total. The first kappa shape index (κ1) is 15.1. The highest BCUT2D eigenvalue weighted by atomic mass is 35.5. The molecule has 0 aromatic carbocycles. The molecular formula is C16H17ClN6O. The van der Waals surface area contributed by atoms with Crippen molar-refractivity contribution < 1.29 is 4.74 Å². The van der Waals surface area contributed by atoms with Gasteiger partial charge in [-0.25, -0.2) is 19.6 Å². The normalized spacial score (nSPS) is 13.4. The number of ether oxygens (including phenoxy) is 1. The van der Waals surface area contributed by atoms with E-state index in [1.807, 2.05) is 17.8 Å². The van der Waals surface area contributed by atoms with Gasteiger partial charge in [0.2, 0.25) is 0 Å². The van der Waals surface area contributed by atoms with E-state index in [1.165, 1.54) is 0 Å². The van der Waals surface area contributed by atoms with Crippen molar-refractivity contribution in [3.63, 3.8) is 0 Å². The minimum Gasteiger partial charge on any atom is -0.491 e. The van der Waals surface area contributed by atoms with Gasteiger partial charge >= 0.3 is 0 Å². The molecule has 0 fully saturated rings. The van der Waals surface area contributed by atoms with Gasteiger partial charge in [-0.3, -0.25) is 0 Å². The zero-order chi connectivity index (χ0) is 16.8. The number of rotatable bonds is 2.